The van der Waals surface area contributed by atoms with Crippen molar-refractivity contribution in [1.29, 1.82) is 0 Å². The molecule has 4 rings (SSSR count). The second kappa shape index (κ2) is 9.16. The van der Waals surface area contributed by atoms with Gasteiger partial charge in [-0.25, -0.2) is 9.48 Å². The van der Waals surface area contributed by atoms with Crippen molar-refractivity contribution in [2.75, 3.05) is 13.1 Å². The highest BCUT2D eigenvalue weighted by Gasteiger charge is 2.52. The van der Waals surface area contributed by atoms with Crippen LogP contribution in [0.25, 0.3) is 5.69 Å². The summed E-state index contributed by atoms with van der Waals surface area (Å²) in [6, 6.07) is 5.30. The van der Waals surface area contributed by atoms with Gasteiger partial charge in [0.05, 0.1) is 11.3 Å². The van der Waals surface area contributed by atoms with Gasteiger partial charge in [0.15, 0.2) is 5.69 Å². The number of halogens is 3. The van der Waals surface area contributed by atoms with E-state index < -0.39 is 40.3 Å². The third-order valence-electron chi connectivity index (χ3n) is 6.31. The molecular formula is C23H24F3N5O4. The summed E-state index contributed by atoms with van der Waals surface area (Å²) in [5, 5.41) is 9.17. The van der Waals surface area contributed by atoms with Crippen molar-refractivity contribution in [2.24, 2.45) is 0 Å². The van der Waals surface area contributed by atoms with E-state index in [1.54, 1.807) is 0 Å². The Morgan fingerprint density at radius 2 is 1.86 bits per heavy atom. The summed E-state index contributed by atoms with van der Waals surface area (Å²) >= 11 is 0. The molecule has 1 aliphatic heterocycles. The van der Waals surface area contributed by atoms with E-state index in [2.05, 4.69) is 15.7 Å². The van der Waals surface area contributed by atoms with Crippen LogP contribution in [0, 0.1) is 6.92 Å². The number of para-hydroxylation sites is 1. The first-order valence-electron chi connectivity index (χ1n) is 11.2. The van der Waals surface area contributed by atoms with Crippen LogP contribution in [0.3, 0.4) is 0 Å². The molecule has 9 nitrogen and oxygen atoms in total. The second-order valence-corrected chi connectivity index (χ2v) is 8.71. The van der Waals surface area contributed by atoms with Crippen molar-refractivity contribution in [3.05, 3.63) is 57.5 Å². The largest absolute Gasteiger partial charge is 0.418 e. The number of aryl methyl sites for hydroxylation is 1. The molecule has 1 spiro atoms. The number of urea groups is 1. The maximum atomic E-state index is 13.5. The van der Waals surface area contributed by atoms with Crippen molar-refractivity contribution in [3.63, 3.8) is 0 Å². The van der Waals surface area contributed by atoms with E-state index in [0.717, 1.165) is 34.6 Å². The third kappa shape index (κ3) is 4.64. The topological polar surface area (TPSA) is 113 Å². The van der Waals surface area contributed by atoms with Crippen LogP contribution in [0.2, 0.25) is 0 Å². The van der Waals surface area contributed by atoms with Gasteiger partial charge in [-0.05, 0) is 38.3 Å². The number of carbonyl (C=O) groups is 3. The highest BCUT2D eigenvalue weighted by molar-refractivity contribution is 6.07. The average Bonchev–Trinajstić information content (AvgIpc) is 3.35. The zero-order chi connectivity index (χ0) is 25.4. The Labute approximate surface area is 198 Å². The number of imide groups is 1. The van der Waals surface area contributed by atoms with Crippen LogP contribution < -0.4 is 16.1 Å². The molecule has 2 aliphatic rings. The summed E-state index contributed by atoms with van der Waals surface area (Å²) in [7, 11) is 0. The van der Waals surface area contributed by atoms with Crippen molar-refractivity contribution >= 4 is 17.8 Å². The minimum atomic E-state index is -4.66. The molecule has 0 radical (unpaired) electrons. The van der Waals surface area contributed by atoms with Gasteiger partial charge >= 0.3 is 12.2 Å². The van der Waals surface area contributed by atoms with Gasteiger partial charge in [-0.1, -0.05) is 25.0 Å². The number of aromatic nitrogens is 2. The summed E-state index contributed by atoms with van der Waals surface area (Å²) in [6.07, 6.45) is -1.49. The lowest BCUT2D eigenvalue weighted by Crippen LogP contribution is -2.44. The smallest absolute Gasteiger partial charge is 0.350 e. The summed E-state index contributed by atoms with van der Waals surface area (Å²) in [5.74, 6) is -1.13. The first kappa shape index (κ1) is 24.4. The van der Waals surface area contributed by atoms with E-state index in [1.165, 1.54) is 25.1 Å². The molecule has 35 heavy (non-hydrogen) atoms. The number of alkyl halides is 3. The molecule has 186 valence electrons. The number of carbonyl (C=O) groups excluding carboxylic acids is 3. The molecule has 2 aromatic rings. The van der Waals surface area contributed by atoms with Crippen molar-refractivity contribution in [3.8, 4) is 5.69 Å². The Bertz CT molecular complexity index is 1230. The molecule has 0 atom stereocenters. The fourth-order valence-electron chi connectivity index (χ4n) is 4.57. The van der Waals surface area contributed by atoms with E-state index in [1.807, 2.05) is 0 Å². The number of amides is 4. The van der Waals surface area contributed by atoms with Gasteiger partial charge in [0.25, 0.3) is 11.8 Å². The Morgan fingerprint density at radius 1 is 1.17 bits per heavy atom. The van der Waals surface area contributed by atoms with Crippen molar-refractivity contribution in [2.45, 2.75) is 50.7 Å². The number of hydrogen-bond donors (Lipinski definition) is 2. The number of rotatable bonds is 6. The third-order valence-corrected chi connectivity index (χ3v) is 6.31. The molecule has 0 bridgehead atoms. The molecule has 2 N–H and O–H groups in total. The molecule has 4 amide bonds. The maximum Gasteiger partial charge on any atom is 0.418 e. The summed E-state index contributed by atoms with van der Waals surface area (Å²) in [5.41, 5.74) is -3.26. The highest BCUT2D eigenvalue weighted by atomic mass is 19.4. The van der Waals surface area contributed by atoms with Crippen LogP contribution in [0.5, 0.6) is 0 Å². The molecular weight excluding hydrogens is 467 g/mol. The van der Waals surface area contributed by atoms with Crippen molar-refractivity contribution in [1.82, 2.24) is 25.3 Å². The summed E-state index contributed by atoms with van der Waals surface area (Å²) in [6.45, 7) is 1.52. The van der Waals surface area contributed by atoms with Crippen LogP contribution >= 0.6 is 0 Å². The molecule has 0 unspecified atom stereocenters. The van der Waals surface area contributed by atoms with E-state index in [4.69, 9.17) is 0 Å². The molecule has 1 aromatic heterocycles. The fourth-order valence-corrected chi connectivity index (χ4v) is 4.57. The van der Waals surface area contributed by atoms with Crippen LogP contribution in [-0.2, 0) is 11.0 Å². The van der Waals surface area contributed by atoms with E-state index in [9.17, 15) is 32.3 Å². The Hall–Kier alpha value is -3.70. The molecule has 2 heterocycles. The number of benzene rings is 1. The van der Waals surface area contributed by atoms with Crippen LogP contribution in [0.1, 0.15) is 53.8 Å². The SMILES string of the molecule is Cc1cc(=O)c(C(=O)NCCCN2C(=O)NC3(CCCC3)C2=O)nn1-c1ccccc1C(F)(F)F. The zero-order valence-corrected chi connectivity index (χ0v) is 18.9. The first-order valence-corrected chi connectivity index (χ1v) is 11.2. The monoisotopic (exact) mass is 491 g/mol. The van der Waals surface area contributed by atoms with E-state index in [0.29, 0.717) is 12.8 Å². The van der Waals surface area contributed by atoms with Gasteiger partial charge in [0, 0.05) is 24.8 Å². The zero-order valence-electron chi connectivity index (χ0n) is 18.9. The number of hydrogen-bond acceptors (Lipinski definition) is 5. The maximum absolute atomic E-state index is 13.5. The van der Waals surface area contributed by atoms with E-state index >= 15 is 0 Å². The standard InChI is InChI=1S/C23H24F3N5O4/c1-14-13-17(32)18(29-31(14)16-8-3-2-7-15(16)23(24,25)26)19(33)27-11-6-12-30-20(34)22(28-21(30)35)9-4-5-10-22/h2-3,7-8,13H,4-6,9-12H2,1H3,(H,27,33)(H,28,35). The predicted octanol–water partition coefficient (Wildman–Crippen LogP) is 2.54. The average molecular weight is 491 g/mol. The quantitative estimate of drug-likeness (QED) is 0.476. The molecule has 12 heteroatoms. The minimum Gasteiger partial charge on any atom is -0.350 e. The Kier molecular flexibility index (Phi) is 6.39. The lowest BCUT2D eigenvalue weighted by Gasteiger charge is -2.20. The van der Waals surface area contributed by atoms with Gasteiger partial charge in [-0.15, -0.1) is 0 Å². The first-order chi connectivity index (χ1) is 16.5. The molecule has 2 fully saturated rings. The Morgan fingerprint density at radius 3 is 2.54 bits per heavy atom. The lowest BCUT2D eigenvalue weighted by atomic mass is 9.98. The van der Waals surface area contributed by atoms with Crippen molar-refractivity contribution < 1.29 is 27.6 Å². The second-order valence-electron chi connectivity index (χ2n) is 8.71. The highest BCUT2D eigenvalue weighted by Crippen LogP contribution is 2.35. The van der Waals surface area contributed by atoms with Gasteiger partial charge in [0.2, 0.25) is 5.43 Å². The van der Waals surface area contributed by atoms with Gasteiger partial charge < -0.3 is 10.6 Å². The number of nitrogens with one attached hydrogen (secondary N) is 2. The van der Waals surface area contributed by atoms with Gasteiger partial charge in [-0.2, -0.15) is 18.3 Å². The van der Waals surface area contributed by atoms with Gasteiger partial charge in [0.1, 0.15) is 5.54 Å². The minimum absolute atomic E-state index is 0.0248. The van der Waals surface area contributed by atoms with Crippen LogP contribution in [0.15, 0.2) is 35.1 Å². The Balaban J connectivity index is 1.44. The van der Waals surface area contributed by atoms with E-state index in [-0.39, 0.29) is 36.8 Å². The fraction of sp³-hybridized carbons (Fsp3) is 0.435. The molecule has 1 aliphatic carbocycles. The predicted molar refractivity (Wildman–Crippen MR) is 118 cm³/mol. The number of nitrogens with zero attached hydrogens (tertiary/aromatic N) is 3. The molecule has 1 saturated heterocycles. The lowest BCUT2D eigenvalue weighted by molar-refractivity contribution is -0.137. The molecule has 1 saturated carbocycles. The summed E-state index contributed by atoms with van der Waals surface area (Å²) < 4.78 is 41.3. The van der Waals surface area contributed by atoms with Gasteiger partial charge in [-0.3, -0.25) is 19.3 Å². The molecule has 1 aromatic carbocycles. The van der Waals surface area contributed by atoms with Crippen LogP contribution in [0.4, 0.5) is 18.0 Å². The normalized spacial score (nSPS) is 17.2. The summed E-state index contributed by atoms with van der Waals surface area (Å²) in [4.78, 5) is 51.0. The van der Waals surface area contributed by atoms with Crippen LogP contribution in [-0.4, -0.2) is 51.2 Å².